The standard InChI is InChI=1S/C27H33N3O3/c1-4-33-25-14-11-20-7-5-6-8-23(20)26(25)27(31)28-19-24(30-15-17-32-18-16-30)21-9-12-22(13-10-21)29(2)3/h5-14,24H,4,15-19H2,1-3H3,(H,28,31)/t24-/m0/s1. The van der Waals surface area contributed by atoms with Gasteiger partial charge in [-0.3, -0.25) is 9.69 Å². The maximum Gasteiger partial charge on any atom is 0.255 e. The fraction of sp³-hybridized carbons (Fsp3) is 0.370. The molecule has 174 valence electrons. The van der Waals surface area contributed by atoms with E-state index in [1.54, 1.807) is 0 Å². The number of amides is 1. The molecule has 0 aromatic heterocycles. The molecule has 0 bridgehead atoms. The van der Waals surface area contributed by atoms with Crippen molar-refractivity contribution in [3.8, 4) is 5.75 Å². The minimum Gasteiger partial charge on any atom is -0.493 e. The summed E-state index contributed by atoms with van der Waals surface area (Å²) in [4.78, 5) is 18.0. The van der Waals surface area contributed by atoms with Crippen LogP contribution < -0.4 is 15.0 Å². The van der Waals surface area contributed by atoms with Crippen LogP contribution in [-0.2, 0) is 4.74 Å². The second kappa shape index (κ2) is 10.7. The highest BCUT2D eigenvalue weighted by molar-refractivity contribution is 6.09. The van der Waals surface area contributed by atoms with Gasteiger partial charge in [0, 0.05) is 39.4 Å². The number of nitrogens with one attached hydrogen (secondary N) is 1. The lowest BCUT2D eigenvalue weighted by Gasteiger charge is -2.35. The van der Waals surface area contributed by atoms with Crippen LogP contribution in [0.5, 0.6) is 5.75 Å². The molecular weight excluding hydrogens is 414 g/mol. The molecule has 1 saturated heterocycles. The van der Waals surface area contributed by atoms with Gasteiger partial charge in [0.25, 0.3) is 5.91 Å². The van der Waals surface area contributed by atoms with Crippen LogP contribution in [0.25, 0.3) is 10.8 Å². The highest BCUT2D eigenvalue weighted by Gasteiger charge is 2.25. The highest BCUT2D eigenvalue weighted by atomic mass is 16.5. The van der Waals surface area contributed by atoms with E-state index >= 15 is 0 Å². The smallest absolute Gasteiger partial charge is 0.255 e. The van der Waals surface area contributed by atoms with Crippen LogP contribution in [0.1, 0.15) is 28.9 Å². The third kappa shape index (κ3) is 5.29. The number of benzene rings is 3. The fourth-order valence-electron chi connectivity index (χ4n) is 4.38. The summed E-state index contributed by atoms with van der Waals surface area (Å²) in [6.45, 7) is 6.05. The first kappa shape index (κ1) is 23.1. The van der Waals surface area contributed by atoms with Crippen molar-refractivity contribution in [2.24, 2.45) is 0 Å². The Hall–Kier alpha value is -3.09. The zero-order valence-corrected chi connectivity index (χ0v) is 19.7. The number of rotatable bonds is 8. The maximum absolute atomic E-state index is 13.5. The van der Waals surface area contributed by atoms with Gasteiger partial charge in [-0.2, -0.15) is 0 Å². The monoisotopic (exact) mass is 447 g/mol. The first-order valence-electron chi connectivity index (χ1n) is 11.6. The first-order chi connectivity index (χ1) is 16.1. The summed E-state index contributed by atoms with van der Waals surface area (Å²) in [6.07, 6.45) is 0. The Labute approximate surface area is 196 Å². The van der Waals surface area contributed by atoms with Gasteiger partial charge in [0.1, 0.15) is 5.75 Å². The number of morpholine rings is 1. The SMILES string of the molecule is CCOc1ccc2ccccc2c1C(=O)NC[C@@H](c1ccc(N(C)C)cc1)N1CCOCC1. The summed E-state index contributed by atoms with van der Waals surface area (Å²) < 4.78 is 11.4. The molecule has 1 heterocycles. The van der Waals surface area contributed by atoms with E-state index in [1.807, 2.05) is 57.4 Å². The van der Waals surface area contributed by atoms with E-state index in [-0.39, 0.29) is 11.9 Å². The van der Waals surface area contributed by atoms with Crippen molar-refractivity contribution in [2.75, 3.05) is 58.5 Å². The molecule has 1 amide bonds. The van der Waals surface area contributed by atoms with Gasteiger partial charge in [-0.05, 0) is 41.5 Å². The van der Waals surface area contributed by atoms with E-state index in [4.69, 9.17) is 9.47 Å². The maximum atomic E-state index is 13.5. The van der Waals surface area contributed by atoms with Crippen molar-refractivity contribution in [2.45, 2.75) is 13.0 Å². The molecule has 3 aromatic rings. The molecule has 6 nitrogen and oxygen atoms in total. The van der Waals surface area contributed by atoms with E-state index in [1.165, 1.54) is 5.56 Å². The zero-order chi connectivity index (χ0) is 23.2. The summed E-state index contributed by atoms with van der Waals surface area (Å²) >= 11 is 0. The molecule has 0 aliphatic carbocycles. The molecule has 4 rings (SSSR count). The lowest BCUT2D eigenvalue weighted by Crippen LogP contribution is -2.43. The number of carbonyl (C=O) groups is 1. The van der Waals surface area contributed by atoms with Crippen molar-refractivity contribution in [1.82, 2.24) is 10.2 Å². The van der Waals surface area contributed by atoms with E-state index in [9.17, 15) is 4.79 Å². The van der Waals surface area contributed by atoms with Gasteiger partial charge in [-0.25, -0.2) is 0 Å². The third-order valence-electron chi connectivity index (χ3n) is 6.15. The van der Waals surface area contributed by atoms with Crippen molar-refractivity contribution >= 4 is 22.4 Å². The van der Waals surface area contributed by atoms with Crippen LogP contribution in [-0.4, -0.2) is 64.4 Å². The Kier molecular flexibility index (Phi) is 7.47. The number of hydrogen-bond donors (Lipinski definition) is 1. The molecule has 33 heavy (non-hydrogen) atoms. The summed E-state index contributed by atoms with van der Waals surface area (Å²) in [6, 6.07) is 20.5. The van der Waals surface area contributed by atoms with Crippen molar-refractivity contribution < 1.29 is 14.3 Å². The second-order valence-corrected chi connectivity index (χ2v) is 8.45. The molecule has 0 spiro atoms. The molecule has 3 aromatic carbocycles. The molecule has 1 fully saturated rings. The van der Waals surface area contributed by atoms with Crippen LogP contribution in [0, 0.1) is 0 Å². The molecule has 1 N–H and O–H groups in total. The quantitative estimate of drug-likeness (QED) is 0.563. The second-order valence-electron chi connectivity index (χ2n) is 8.45. The number of fused-ring (bicyclic) bond motifs is 1. The normalized spacial score (nSPS) is 15.2. The number of nitrogens with zero attached hydrogens (tertiary/aromatic N) is 2. The number of hydrogen-bond acceptors (Lipinski definition) is 5. The van der Waals surface area contributed by atoms with E-state index < -0.39 is 0 Å². The summed E-state index contributed by atoms with van der Waals surface area (Å²) in [5, 5.41) is 5.14. The van der Waals surface area contributed by atoms with Gasteiger partial charge in [0.15, 0.2) is 0 Å². The Morgan fingerprint density at radius 1 is 1.06 bits per heavy atom. The Morgan fingerprint density at radius 2 is 1.79 bits per heavy atom. The minimum absolute atomic E-state index is 0.0691. The molecular formula is C27H33N3O3. The van der Waals surface area contributed by atoms with Crippen molar-refractivity contribution in [3.63, 3.8) is 0 Å². The van der Waals surface area contributed by atoms with Gasteiger partial charge in [0.05, 0.1) is 31.4 Å². The summed E-state index contributed by atoms with van der Waals surface area (Å²) in [7, 11) is 4.07. The van der Waals surface area contributed by atoms with E-state index in [0.29, 0.717) is 37.7 Å². The average Bonchev–Trinajstić information content (AvgIpc) is 2.85. The van der Waals surface area contributed by atoms with Crippen LogP contribution in [0.2, 0.25) is 0 Å². The van der Waals surface area contributed by atoms with E-state index in [0.717, 1.165) is 29.5 Å². The van der Waals surface area contributed by atoms with Crippen molar-refractivity contribution in [3.05, 3.63) is 71.8 Å². The highest BCUT2D eigenvalue weighted by Crippen LogP contribution is 2.29. The summed E-state index contributed by atoms with van der Waals surface area (Å²) in [5.41, 5.74) is 2.94. The van der Waals surface area contributed by atoms with Gasteiger partial charge < -0.3 is 19.7 Å². The molecule has 0 radical (unpaired) electrons. The molecule has 0 unspecified atom stereocenters. The summed E-state index contributed by atoms with van der Waals surface area (Å²) in [5.74, 6) is 0.505. The minimum atomic E-state index is -0.113. The molecule has 1 atom stereocenters. The third-order valence-corrected chi connectivity index (χ3v) is 6.15. The topological polar surface area (TPSA) is 54.0 Å². The van der Waals surface area contributed by atoms with Crippen LogP contribution in [0.4, 0.5) is 5.69 Å². The van der Waals surface area contributed by atoms with Crippen molar-refractivity contribution in [1.29, 1.82) is 0 Å². The van der Waals surface area contributed by atoms with E-state index in [2.05, 4.69) is 39.4 Å². The number of carbonyl (C=O) groups excluding carboxylic acids is 1. The van der Waals surface area contributed by atoms with Gasteiger partial charge in [0.2, 0.25) is 0 Å². The first-order valence-corrected chi connectivity index (χ1v) is 11.6. The van der Waals surface area contributed by atoms with Crippen LogP contribution >= 0.6 is 0 Å². The molecule has 6 heteroatoms. The molecule has 0 saturated carbocycles. The predicted molar refractivity (Wildman–Crippen MR) is 133 cm³/mol. The Bertz CT molecular complexity index is 1080. The van der Waals surface area contributed by atoms with Gasteiger partial charge in [-0.15, -0.1) is 0 Å². The largest absolute Gasteiger partial charge is 0.493 e. The average molecular weight is 448 g/mol. The molecule has 1 aliphatic heterocycles. The van der Waals surface area contributed by atoms with Crippen LogP contribution in [0.3, 0.4) is 0 Å². The van der Waals surface area contributed by atoms with Crippen LogP contribution in [0.15, 0.2) is 60.7 Å². The Morgan fingerprint density at radius 3 is 2.48 bits per heavy atom. The van der Waals surface area contributed by atoms with Gasteiger partial charge in [-0.1, -0.05) is 42.5 Å². The number of anilines is 1. The number of ether oxygens (including phenoxy) is 2. The lowest BCUT2D eigenvalue weighted by atomic mass is 10.0. The van der Waals surface area contributed by atoms with Gasteiger partial charge >= 0.3 is 0 Å². The molecule has 1 aliphatic rings. The zero-order valence-electron chi connectivity index (χ0n) is 19.7. The Balaban J connectivity index is 1.60. The predicted octanol–water partition coefficient (Wildman–Crippen LogP) is 4.11. The fourth-order valence-corrected chi connectivity index (χ4v) is 4.38. The lowest BCUT2D eigenvalue weighted by molar-refractivity contribution is 0.0162.